The minimum absolute atomic E-state index is 0.0652. The third-order valence-electron chi connectivity index (χ3n) is 1.99. The summed E-state index contributed by atoms with van der Waals surface area (Å²) in [6, 6.07) is 3.56. The number of hydrogen-bond acceptors (Lipinski definition) is 4. The Labute approximate surface area is 94.1 Å². The van der Waals surface area contributed by atoms with Gasteiger partial charge >= 0.3 is 0 Å². The van der Waals surface area contributed by atoms with Gasteiger partial charge in [-0.2, -0.15) is 0 Å². The van der Waals surface area contributed by atoms with Gasteiger partial charge in [0.2, 0.25) is 0 Å². The molecule has 84 valence electrons. The standard InChI is InChI=1S/C10H15ClN2O2/c11-9-2-3-10(12-8-9)13(5-7-15)4-1-6-14/h2-3,8,14-15H,1,4-7H2. The second-order valence-corrected chi connectivity index (χ2v) is 3.56. The van der Waals surface area contributed by atoms with Gasteiger partial charge in [-0.05, 0) is 18.6 Å². The number of pyridine rings is 1. The van der Waals surface area contributed by atoms with Crippen molar-refractivity contribution >= 4 is 17.4 Å². The van der Waals surface area contributed by atoms with E-state index in [2.05, 4.69) is 4.98 Å². The van der Waals surface area contributed by atoms with Crippen molar-refractivity contribution in [1.29, 1.82) is 0 Å². The Morgan fingerprint density at radius 2 is 2.00 bits per heavy atom. The lowest BCUT2D eigenvalue weighted by atomic mass is 10.3. The first-order valence-corrected chi connectivity index (χ1v) is 5.24. The maximum absolute atomic E-state index is 8.89. The number of halogens is 1. The molecule has 2 N–H and O–H groups in total. The molecule has 0 aromatic carbocycles. The van der Waals surface area contributed by atoms with Crippen LogP contribution in [-0.2, 0) is 0 Å². The molecule has 0 fully saturated rings. The maximum Gasteiger partial charge on any atom is 0.128 e. The summed E-state index contributed by atoms with van der Waals surface area (Å²) in [5.74, 6) is 0.766. The first kappa shape index (κ1) is 12.2. The molecule has 0 unspecified atom stereocenters. The van der Waals surface area contributed by atoms with Crippen LogP contribution in [0.25, 0.3) is 0 Å². The Kier molecular flexibility index (Phi) is 5.39. The third kappa shape index (κ3) is 4.03. The van der Waals surface area contributed by atoms with Crippen LogP contribution < -0.4 is 4.90 Å². The number of aromatic nitrogens is 1. The molecule has 0 radical (unpaired) electrons. The van der Waals surface area contributed by atoms with Crippen LogP contribution in [0, 0.1) is 0 Å². The van der Waals surface area contributed by atoms with Crippen LogP contribution in [0.1, 0.15) is 6.42 Å². The summed E-state index contributed by atoms with van der Waals surface area (Å²) < 4.78 is 0. The first-order chi connectivity index (χ1) is 7.27. The highest BCUT2D eigenvalue weighted by Gasteiger charge is 2.06. The van der Waals surface area contributed by atoms with E-state index >= 15 is 0 Å². The molecule has 0 atom stereocenters. The molecule has 0 spiro atoms. The van der Waals surface area contributed by atoms with E-state index in [9.17, 15) is 0 Å². The third-order valence-corrected chi connectivity index (χ3v) is 2.22. The van der Waals surface area contributed by atoms with Crippen molar-refractivity contribution in [2.24, 2.45) is 0 Å². The van der Waals surface area contributed by atoms with Crippen molar-refractivity contribution < 1.29 is 10.2 Å². The van der Waals surface area contributed by atoms with Crippen LogP contribution in [0.2, 0.25) is 5.02 Å². The predicted octanol–water partition coefficient (Wildman–Crippen LogP) is 0.916. The molecule has 4 nitrogen and oxygen atoms in total. The summed E-state index contributed by atoms with van der Waals surface area (Å²) in [7, 11) is 0. The van der Waals surface area contributed by atoms with Crippen molar-refractivity contribution in [1.82, 2.24) is 4.98 Å². The van der Waals surface area contributed by atoms with E-state index in [1.165, 1.54) is 0 Å². The van der Waals surface area contributed by atoms with Gasteiger partial charge in [0.05, 0.1) is 11.6 Å². The second kappa shape index (κ2) is 6.61. The number of aliphatic hydroxyl groups excluding tert-OH is 2. The van der Waals surface area contributed by atoms with Crippen LogP contribution in [0.4, 0.5) is 5.82 Å². The summed E-state index contributed by atoms with van der Waals surface area (Å²) in [5.41, 5.74) is 0. The number of anilines is 1. The van der Waals surface area contributed by atoms with E-state index < -0.39 is 0 Å². The molecule has 0 aliphatic heterocycles. The van der Waals surface area contributed by atoms with Crippen molar-refractivity contribution in [3.05, 3.63) is 23.4 Å². The molecule has 5 heteroatoms. The van der Waals surface area contributed by atoms with E-state index in [0.29, 0.717) is 24.5 Å². The molecular weight excluding hydrogens is 216 g/mol. The number of rotatable bonds is 6. The molecule has 0 bridgehead atoms. The molecule has 1 aromatic rings. The fraction of sp³-hybridized carbons (Fsp3) is 0.500. The Morgan fingerprint density at radius 3 is 2.53 bits per heavy atom. The van der Waals surface area contributed by atoms with Crippen LogP contribution in [0.15, 0.2) is 18.3 Å². The van der Waals surface area contributed by atoms with Gasteiger partial charge in [-0.25, -0.2) is 4.98 Å². The zero-order chi connectivity index (χ0) is 11.1. The van der Waals surface area contributed by atoms with Gasteiger partial charge in [0.15, 0.2) is 0 Å². The summed E-state index contributed by atoms with van der Waals surface area (Å²) >= 11 is 5.73. The SMILES string of the molecule is OCCCN(CCO)c1ccc(Cl)cn1. The normalized spacial score (nSPS) is 10.3. The fourth-order valence-corrected chi connectivity index (χ4v) is 1.39. The van der Waals surface area contributed by atoms with E-state index in [1.54, 1.807) is 18.3 Å². The summed E-state index contributed by atoms with van der Waals surface area (Å²) in [4.78, 5) is 6.06. The topological polar surface area (TPSA) is 56.6 Å². The molecule has 0 saturated heterocycles. The van der Waals surface area contributed by atoms with Crippen molar-refractivity contribution in [2.75, 3.05) is 31.2 Å². The zero-order valence-electron chi connectivity index (χ0n) is 8.43. The summed E-state index contributed by atoms with van der Waals surface area (Å²) in [6.45, 7) is 1.38. The minimum atomic E-state index is 0.0652. The fourth-order valence-electron chi connectivity index (χ4n) is 1.28. The van der Waals surface area contributed by atoms with Gasteiger partial charge in [0.1, 0.15) is 5.82 Å². The van der Waals surface area contributed by atoms with Gasteiger partial charge in [0.25, 0.3) is 0 Å². The second-order valence-electron chi connectivity index (χ2n) is 3.12. The largest absolute Gasteiger partial charge is 0.396 e. The van der Waals surface area contributed by atoms with E-state index in [4.69, 9.17) is 21.8 Å². The molecule has 0 aliphatic rings. The highest BCUT2D eigenvalue weighted by Crippen LogP contribution is 2.14. The Hall–Kier alpha value is -0.840. The lowest BCUT2D eigenvalue weighted by Crippen LogP contribution is -2.29. The Morgan fingerprint density at radius 1 is 1.20 bits per heavy atom. The summed E-state index contributed by atoms with van der Waals surface area (Å²) in [6.07, 6.45) is 2.23. The molecule has 15 heavy (non-hydrogen) atoms. The predicted molar refractivity (Wildman–Crippen MR) is 60.2 cm³/mol. The molecule has 1 rings (SSSR count). The number of nitrogens with zero attached hydrogens (tertiary/aromatic N) is 2. The van der Waals surface area contributed by atoms with Gasteiger partial charge in [-0.1, -0.05) is 11.6 Å². The van der Waals surface area contributed by atoms with E-state index in [1.807, 2.05) is 4.90 Å². The smallest absolute Gasteiger partial charge is 0.128 e. The highest BCUT2D eigenvalue weighted by atomic mass is 35.5. The van der Waals surface area contributed by atoms with Crippen LogP contribution in [0.5, 0.6) is 0 Å². The lowest BCUT2D eigenvalue weighted by Gasteiger charge is -2.22. The minimum Gasteiger partial charge on any atom is -0.396 e. The number of hydrogen-bond donors (Lipinski definition) is 2. The maximum atomic E-state index is 8.89. The molecule has 1 heterocycles. The Bertz CT molecular complexity index is 279. The van der Waals surface area contributed by atoms with E-state index in [0.717, 1.165) is 5.82 Å². The molecule has 0 aliphatic carbocycles. The molecule has 1 aromatic heterocycles. The zero-order valence-corrected chi connectivity index (χ0v) is 9.19. The van der Waals surface area contributed by atoms with Crippen LogP contribution in [0.3, 0.4) is 0 Å². The van der Waals surface area contributed by atoms with Gasteiger partial charge in [0, 0.05) is 25.9 Å². The first-order valence-electron chi connectivity index (χ1n) is 4.86. The van der Waals surface area contributed by atoms with Crippen molar-refractivity contribution in [3.63, 3.8) is 0 Å². The molecule has 0 amide bonds. The van der Waals surface area contributed by atoms with Gasteiger partial charge in [-0.3, -0.25) is 0 Å². The average Bonchev–Trinajstić information content (AvgIpc) is 2.25. The van der Waals surface area contributed by atoms with Gasteiger partial charge < -0.3 is 15.1 Å². The van der Waals surface area contributed by atoms with Crippen LogP contribution >= 0.6 is 11.6 Å². The highest BCUT2D eigenvalue weighted by molar-refractivity contribution is 6.30. The molecule has 0 saturated carbocycles. The van der Waals surface area contributed by atoms with Crippen molar-refractivity contribution in [2.45, 2.75) is 6.42 Å². The lowest BCUT2D eigenvalue weighted by molar-refractivity contribution is 0.281. The van der Waals surface area contributed by atoms with E-state index in [-0.39, 0.29) is 13.2 Å². The monoisotopic (exact) mass is 230 g/mol. The average molecular weight is 231 g/mol. The van der Waals surface area contributed by atoms with Crippen LogP contribution in [-0.4, -0.2) is 41.5 Å². The number of aliphatic hydroxyl groups is 2. The molecular formula is C10H15ClN2O2. The van der Waals surface area contributed by atoms with Crippen molar-refractivity contribution in [3.8, 4) is 0 Å². The quantitative estimate of drug-likeness (QED) is 0.763. The summed E-state index contributed by atoms with van der Waals surface area (Å²) in [5, 5.41) is 18.2. The Balaban J connectivity index is 2.65. The van der Waals surface area contributed by atoms with Gasteiger partial charge in [-0.15, -0.1) is 0 Å².